The van der Waals surface area contributed by atoms with Crippen LogP contribution in [0.2, 0.25) is 0 Å². The number of amides is 1. The lowest BCUT2D eigenvalue weighted by Crippen LogP contribution is -2.11. The van der Waals surface area contributed by atoms with Gasteiger partial charge in [-0.2, -0.15) is 0 Å². The predicted molar refractivity (Wildman–Crippen MR) is 77.5 cm³/mol. The SMILES string of the molecule is C=Cc1ccc(C(=O)Nc2ccc(OC)cc2)cc1. The predicted octanol–water partition coefficient (Wildman–Crippen LogP) is 3.59. The molecular formula is C16H15NO2. The molecule has 0 aliphatic heterocycles. The summed E-state index contributed by atoms with van der Waals surface area (Å²) in [6.45, 7) is 3.68. The zero-order valence-corrected chi connectivity index (χ0v) is 10.7. The number of carbonyl (C=O) groups is 1. The summed E-state index contributed by atoms with van der Waals surface area (Å²) in [5, 5.41) is 2.83. The van der Waals surface area contributed by atoms with Crippen molar-refractivity contribution >= 4 is 17.7 Å². The fraction of sp³-hybridized carbons (Fsp3) is 0.0625. The second-order valence-corrected chi connectivity index (χ2v) is 4.01. The van der Waals surface area contributed by atoms with Gasteiger partial charge in [-0.3, -0.25) is 4.79 Å². The Morgan fingerprint density at radius 3 is 2.26 bits per heavy atom. The molecule has 2 rings (SSSR count). The van der Waals surface area contributed by atoms with E-state index < -0.39 is 0 Å². The maximum atomic E-state index is 12.0. The normalized spacial score (nSPS) is 9.74. The Balaban J connectivity index is 2.08. The number of benzene rings is 2. The Kier molecular flexibility index (Phi) is 3.98. The second-order valence-electron chi connectivity index (χ2n) is 4.01. The van der Waals surface area contributed by atoms with Gasteiger partial charge in [-0.1, -0.05) is 24.8 Å². The van der Waals surface area contributed by atoms with E-state index in [1.54, 1.807) is 49.6 Å². The summed E-state index contributed by atoms with van der Waals surface area (Å²) >= 11 is 0. The van der Waals surface area contributed by atoms with Gasteiger partial charge in [0.2, 0.25) is 0 Å². The number of carbonyl (C=O) groups excluding carboxylic acids is 1. The van der Waals surface area contributed by atoms with Crippen molar-refractivity contribution < 1.29 is 9.53 Å². The van der Waals surface area contributed by atoms with Crippen LogP contribution in [0.3, 0.4) is 0 Å². The average molecular weight is 253 g/mol. The lowest BCUT2D eigenvalue weighted by Gasteiger charge is -2.06. The van der Waals surface area contributed by atoms with Crippen LogP contribution < -0.4 is 10.1 Å². The first-order chi connectivity index (χ1) is 9.22. The van der Waals surface area contributed by atoms with E-state index in [4.69, 9.17) is 4.74 Å². The van der Waals surface area contributed by atoms with Crippen LogP contribution in [0.15, 0.2) is 55.1 Å². The largest absolute Gasteiger partial charge is 0.497 e. The van der Waals surface area contributed by atoms with Gasteiger partial charge in [0.25, 0.3) is 5.91 Å². The lowest BCUT2D eigenvalue weighted by molar-refractivity contribution is 0.102. The summed E-state index contributed by atoms with van der Waals surface area (Å²) in [6, 6.07) is 14.5. The molecule has 0 aliphatic rings. The maximum absolute atomic E-state index is 12.0. The number of anilines is 1. The highest BCUT2D eigenvalue weighted by molar-refractivity contribution is 6.04. The van der Waals surface area contributed by atoms with Gasteiger partial charge < -0.3 is 10.1 Å². The van der Waals surface area contributed by atoms with Crippen molar-refractivity contribution in [2.75, 3.05) is 12.4 Å². The quantitative estimate of drug-likeness (QED) is 0.904. The molecule has 0 fully saturated rings. The summed E-state index contributed by atoms with van der Waals surface area (Å²) < 4.78 is 5.06. The smallest absolute Gasteiger partial charge is 0.255 e. The average Bonchev–Trinajstić information content (AvgIpc) is 2.48. The Bertz CT molecular complexity index is 571. The van der Waals surface area contributed by atoms with Gasteiger partial charge in [-0.25, -0.2) is 0 Å². The minimum Gasteiger partial charge on any atom is -0.497 e. The number of nitrogens with one attached hydrogen (secondary N) is 1. The number of rotatable bonds is 4. The first kappa shape index (κ1) is 12.9. The van der Waals surface area contributed by atoms with E-state index in [-0.39, 0.29) is 5.91 Å². The third-order valence-corrected chi connectivity index (χ3v) is 2.76. The molecular weight excluding hydrogens is 238 g/mol. The van der Waals surface area contributed by atoms with Crippen molar-refractivity contribution in [3.05, 3.63) is 66.2 Å². The van der Waals surface area contributed by atoms with Crippen LogP contribution in [0, 0.1) is 0 Å². The maximum Gasteiger partial charge on any atom is 0.255 e. The van der Waals surface area contributed by atoms with Gasteiger partial charge >= 0.3 is 0 Å². The summed E-state index contributed by atoms with van der Waals surface area (Å²) in [4.78, 5) is 12.0. The Labute approximate surface area is 112 Å². The number of hydrogen-bond donors (Lipinski definition) is 1. The Hall–Kier alpha value is -2.55. The number of methoxy groups -OCH3 is 1. The van der Waals surface area contributed by atoms with Crippen molar-refractivity contribution in [3.8, 4) is 5.75 Å². The lowest BCUT2D eigenvalue weighted by atomic mass is 10.1. The third-order valence-electron chi connectivity index (χ3n) is 2.76. The molecule has 1 N–H and O–H groups in total. The standard InChI is InChI=1S/C16H15NO2/c1-3-12-4-6-13(7-5-12)16(18)17-14-8-10-15(19-2)11-9-14/h3-11H,1H2,2H3,(H,17,18). The molecule has 2 aromatic carbocycles. The molecule has 0 aliphatic carbocycles. The molecule has 96 valence electrons. The van der Waals surface area contributed by atoms with Crippen molar-refractivity contribution in [2.24, 2.45) is 0 Å². The minimum atomic E-state index is -0.138. The highest BCUT2D eigenvalue weighted by atomic mass is 16.5. The van der Waals surface area contributed by atoms with Crippen LogP contribution in [0.25, 0.3) is 6.08 Å². The van der Waals surface area contributed by atoms with Gasteiger partial charge in [0.15, 0.2) is 0 Å². The second kappa shape index (κ2) is 5.87. The molecule has 0 unspecified atom stereocenters. The zero-order valence-electron chi connectivity index (χ0n) is 10.7. The van der Waals surface area contributed by atoms with Gasteiger partial charge in [-0.05, 0) is 42.0 Å². The van der Waals surface area contributed by atoms with E-state index in [9.17, 15) is 4.79 Å². The minimum absolute atomic E-state index is 0.138. The van der Waals surface area contributed by atoms with Crippen LogP contribution in [0.1, 0.15) is 15.9 Å². The van der Waals surface area contributed by atoms with E-state index in [2.05, 4.69) is 11.9 Å². The summed E-state index contributed by atoms with van der Waals surface area (Å²) in [6.07, 6.45) is 1.74. The van der Waals surface area contributed by atoms with Crippen molar-refractivity contribution in [3.63, 3.8) is 0 Å². The molecule has 0 saturated carbocycles. The first-order valence-corrected chi connectivity index (χ1v) is 5.91. The molecule has 2 aromatic rings. The number of hydrogen-bond acceptors (Lipinski definition) is 2. The van der Waals surface area contributed by atoms with Crippen molar-refractivity contribution in [1.82, 2.24) is 0 Å². The highest BCUT2D eigenvalue weighted by Crippen LogP contribution is 2.16. The number of ether oxygens (including phenoxy) is 1. The molecule has 0 aromatic heterocycles. The van der Waals surface area contributed by atoms with Crippen LogP contribution in [-0.2, 0) is 0 Å². The van der Waals surface area contributed by atoms with Crippen LogP contribution >= 0.6 is 0 Å². The van der Waals surface area contributed by atoms with Crippen molar-refractivity contribution in [1.29, 1.82) is 0 Å². The van der Waals surface area contributed by atoms with Crippen LogP contribution in [-0.4, -0.2) is 13.0 Å². The van der Waals surface area contributed by atoms with Gasteiger partial charge in [0.1, 0.15) is 5.75 Å². The van der Waals surface area contributed by atoms with Gasteiger partial charge in [0, 0.05) is 11.3 Å². The zero-order chi connectivity index (χ0) is 13.7. The van der Waals surface area contributed by atoms with E-state index in [1.807, 2.05) is 12.1 Å². The Morgan fingerprint density at radius 2 is 1.74 bits per heavy atom. The molecule has 19 heavy (non-hydrogen) atoms. The summed E-state index contributed by atoms with van der Waals surface area (Å²) in [5.74, 6) is 0.620. The first-order valence-electron chi connectivity index (χ1n) is 5.91. The molecule has 0 bridgehead atoms. The molecule has 1 amide bonds. The molecule has 0 atom stereocenters. The highest BCUT2D eigenvalue weighted by Gasteiger charge is 2.05. The van der Waals surface area contributed by atoms with E-state index in [0.717, 1.165) is 17.0 Å². The molecule has 0 heterocycles. The van der Waals surface area contributed by atoms with Crippen LogP contribution in [0.5, 0.6) is 5.75 Å². The molecule has 3 heteroatoms. The van der Waals surface area contributed by atoms with Crippen molar-refractivity contribution in [2.45, 2.75) is 0 Å². The van der Waals surface area contributed by atoms with Gasteiger partial charge in [-0.15, -0.1) is 0 Å². The monoisotopic (exact) mass is 253 g/mol. The summed E-state index contributed by atoms with van der Waals surface area (Å²) in [5.41, 5.74) is 2.33. The molecule has 0 saturated heterocycles. The van der Waals surface area contributed by atoms with Crippen LogP contribution in [0.4, 0.5) is 5.69 Å². The Morgan fingerprint density at radius 1 is 1.11 bits per heavy atom. The van der Waals surface area contributed by atoms with E-state index in [1.165, 1.54) is 0 Å². The van der Waals surface area contributed by atoms with Gasteiger partial charge in [0.05, 0.1) is 7.11 Å². The fourth-order valence-corrected chi connectivity index (χ4v) is 1.65. The fourth-order valence-electron chi connectivity index (χ4n) is 1.65. The molecule has 0 radical (unpaired) electrons. The molecule has 3 nitrogen and oxygen atoms in total. The van der Waals surface area contributed by atoms with E-state index >= 15 is 0 Å². The summed E-state index contributed by atoms with van der Waals surface area (Å²) in [7, 11) is 1.61. The third kappa shape index (κ3) is 3.22. The molecule has 0 spiro atoms. The topological polar surface area (TPSA) is 38.3 Å². The van der Waals surface area contributed by atoms with E-state index in [0.29, 0.717) is 5.56 Å².